The Labute approximate surface area is 121 Å². The van der Waals surface area contributed by atoms with Crippen molar-refractivity contribution in [2.45, 2.75) is 40.7 Å². The lowest BCUT2D eigenvalue weighted by Crippen LogP contribution is -2.37. The summed E-state index contributed by atoms with van der Waals surface area (Å²) in [7, 11) is 0. The highest BCUT2D eigenvalue weighted by atomic mass is 16.2. The van der Waals surface area contributed by atoms with Crippen LogP contribution in [0, 0.1) is 11.8 Å². The first kappa shape index (κ1) is 16.5. The summed E-state index contributed by atoms with van der Waals surface area (Å²) in [6, 6.07) is 3.59. The van der Waals surface area contributed by atoms with E-state index in [0.717, 1.165) is 19.4 Å². The van der Waals surface area contributed by atoms with Crippen molar-refractivity contribution in [1.82, 2.24) is 9.47 Å². The van der Waals surface area contributed by atoms with Crippen LogP contribution in [0.4, 0.5) is 0 Å². The van der Waals surface area contributed by atoms with Gasteiger partial charge < -0.3 is 9.47 Å². The van der Waals surface area contributed by atoms with Gasteiger partial charge in [-0.1, -0.05) is 27.7 Å². The van der Waals surface area contributed by atoms with Crippen molar-refractivity contribution >= 4 is 12.2 Å². The van der Waals surface area contributed by atoms with Gasteiger partial charge in [0, 0.05) is 32.3 Å². The highest BCUT2D eigenvalue weighted by molar-refractivity contribution is 5.76. The van der Waals surface area contributed by atoms with E-state index in [1.165, 1.54) is 0 Å². The van der Waals surface area contributed by atoms with E-state index in [1.807, 2.05) is 21.7 Å². The van der Waals surface area contributed by atoms with E-state index in [9.17, 15) is 9.59 Å². The maximum absolute atomic E-state index is 12.3. The highest BCUT2D eigenvalue weighted by Crippen LogP contribution is 2.08. The second-order valence-electron chi connectivity index (χ2n) is 6.08. The quantitative estimate of drug-likeness (QED) is 0.686. The molecule has 0 aromatic carbocycles. The Morgan fingerprint density at radius 2 is 1.85 bits per heavy atom. The molecule has 0 aliphatic carbocycles. The minimum Gasteiger partial charge on any atom is -0.345 e. The Hall–Kier alpha value is -1.58. The minimum absolute atomic E-state index is 0.165. The van der Waals surface area contributed by atoms with Gasteiger partial charge >= 0.3 is 0 Å². The molecule has 20 heavy (non-hydrogen) atoms. The van der Waals surface area contributed by atoms with Gasteiger partial charge in [0.2, 0.25) is 5.91 Å². The molecule has 1 amide bonds. The van der Waals surface area contributed by atoms with E-state index in [1.54, 1.807) is 6.07 Å². The summed E-state index contributed by atoms with van der Waals surface area (Å²) in [5, 5.41) is 0. The molecule has 0 bridgehead atoms. The number of aldehydes is 1. The Bertz CT molecular complexity index is 425. The lowest BCUT2D eigenvalue weighted by molar-refractivity contribution is -0.132. The fraction of sp³-hybridized carbons (Fsp3) is 0.625. The maximum atomic E-state index is 12.3. The third-order valence-corrected chi connectivity index (χ3v) is 3.08. The molecule has 0 unspecified atom stereocenters. The normalized spacial score (nSPS) is 11.1. The molecule has 4 nitrogen and oxygen atoms in total. The molecular formula is C16H26N2O2. The number of carbonyl (C=O) groups is 2. The van der Waals surface area contributed by atoms with Crippen LogP contribution in [0.15, 0.2) is 18.3 Å². The molecule has 0 atom stereocenters. The Morgan fingerprint density at radius 3 is 2.35 bits per heavy atom. The van der Waals surface area contributed by atoms with Crippen LogP contribution in [0.3, 0.4) is 0 Å². The van der Waals surface area contributed by atoms with E-state index in [4.69, 9.17) is 0 Å². The zero-order valence-corrected chi connectivity index (χ0v) is 13.0. The van der Waals surface area contributed by atoms with Crippen LogP contribution in [0.2, 0.25) is 0 Å². The monoisotopic (exact) mass is 278 g/mol. The lowest BCUT2D eigenvalue weighted by Gasteiger charge is -2.26. The Morgan fingerprint density at radius 1 is 1.25 bits per heavy atom. The second-order valence-corrected chi connectivity index (χ2v) is 6.08. The third kappa shape index (κ3) is 5.19. The summed E-state index contributed by atoms with van der Waals surface area (Å²) >= 11 is 0. The van der Waals surface area contributed by atoms with Crippen molar-refractivity contribution in [3.63, 3.8) is 0 Å². The lowest BCUT2D eigenvalue weighted by atomic mass is 10.1. The number of amides is 1. The van der Waals surface area contributed by atoms with Gasteiger partial charge in [-0.3, -0.25) is 9.59 Å². The van der Waals surface area contributed by atoms with Gasteiger partial charge in [-0.05, 0) is 24.0 Å². The molecule has 4 heteroatoms. The van der Waals surface area contributed by atoms with Gasteiger partial charge in [-0.15, -0.1) is 0 Å². The van der Waals surface area contributed by atoms with Crippen molar-refractivity contribution in [3.05, 3.63) is 24.0 Å². The van der Waals surface area contributed by atoms with Gasteiger partial charge in [0.1, 0.15) is 0 Å². The fourth-order valence-corrected chi connectivity index (χ4v) is 2.27. The van der Waals surface area contributed by atoms with Crippen LogP contribution in [0.25, 0.3) is 0 Å². The average molecular weight is 278 g/mol. The molecule has 0 radical (unpaired) electrons. The van der Waals surface area contributed by atoms with Crippen LogP contribution in [0.1, 0.15) is 44.6 Å². The average Bonchev–Trinajstić information content (AvgIpc) is 2.81. The van der Waals surface area contributed by atoms with E-state index in [-0.39, 0.29) is 5.91 Å². The summed E-state index contributed by atoms with van der Waals surface area (Å²) in [4.78, 5) is 25.1. The van der Waals surface area contributed by atoms with Crippen LogP contribution in [0.5, 0.6) is 0 Å². The third-order valence-electron chi connectivity index (χ3n) is 3.08. The zero-order valence-electron chi connectivity index (χ0n) is 13.0. The minimum atomic E-state index is 0.165. The number of aryl methyl sites for hydroxylation is 1. The molecule has 0 aliphatic heterocycles. The van der Waals surface area contributed by atoms with Gasteiger partial charge in [0.15, 0.2) is 6.29 Å². The molecule has 0 saturated heterocycles. The summed E-state index contributed by atoms with van der Waals surface area (Å²) in [6.07, 6.45) is 3.10. The molecule has 1 aromatic rings. The summed E-state index contributed by atoms with van der Waals surface area (Å²) in [5.41, 5.74) is 0.622. The summed E-state index contributed by atoms with van der Waals surface area (Å²) in [5.74, 6) is 1.10. The Kier molecular flexibility index (Phi) is 6.49. The van der Waals surface area contributed by atoms with Crippen LogP contribution in [-0.4, -0.2) is 34.7 Å². The van der Waals surface area contributed by atoms with E-state index < -0.39 is 0 Å². The SMILES string of the molecule is CC(C)CN(CC(C)C)C(=O)CCn1cccc1C=O. The zero-order chi connectivity index (χ0) is 15.1. The van der Waals surface area contributed by atoms with Crippen LogP contribution >= 0.6 is 0 Å². The molecule has 1 rings (SSSR count). The first-order chi connectivity index (χ1) is 9.43. The smallest absolute Gasteiger partial charge is 0.224 e. The van der Waals surface area contributed by atoms with E-state index in [0.29, 0.717) is 30.5 Å². The first-order valence-corrected chi connectivity index (χ1v) is 7.32. The van der Waals surface area contributed by atoms with Crippen LogP contribution in [-0.2, 0) is 11.3 Å². The maximum Gasteiger partial charge on any atom is 0.224 e. The molecular weight excluding hydrogens is 252 g/mol. The number of rotatable bonds is 8. The molecule has 0 N–H and O–H groups in total. The predicted octanol–water partition coefficient (Wildman–Crippen LogP) is 2.83. The fourth-order valence-electron chi connectivity index (χ4n) is 2.27. The molecule has 0 aliphatic rings. The van der Waals surface area contributed by atoms with Gasteiger partial charge in [0.05, 0.1) is 5.69 Å². The van der Waals surface area contributed by atoms with Gasteiger partial charge in [-0.25, -0.2) is 0 Å². The van der Waals surface area contributed by atoms with Crippen LogP contribution < -0.4 is 0 Å². The summed E-state index contributed by atoms with van der Waals surface area (Å²) in [6.45, 7) is 10.6. The molecule has 112 valence electrons. The van der Waals surface area contributed by atoms with E-state index >= 15 is 0 Å². The standard InChI is InChI=1S/C16H26N2O2/c1-13(2)10-18(11-14(3)4)16(20)7-9-17-8-5-6-15(17)12-19/h5-6,8,12-14H,7,9-11H2,1-4H3. The number of nitrogens with zero attached hydrogens (tertiary/aromatic N) is 2. The highest BCUT2D eigenvalue weighted by Gasteiger charge is 2.16. The number of aromatic nitrogens is 1. The van der Waals surface area contributed by atoms with Gasteiger partial charge in [-0.2, -0.15) is 0 Å². The predicted molar refractivity (Wildman–Crippen MR) is 80.7 cm³/mol. The summed E-state index contributed by atoms with van der Waals surface area (Å²) < 4.78 is 1.83. The molecule has 0 fully saturated rings. The molecule has 0 spiro atoms. The first-order valence-electron chi connectivity index (χ1n) is 7.32. The van der Waals surface area contributed by atoms with Gasteiger partial charge in [0.25, 0.3) is 0 Å². The number of carbonyl (C=O) groups excluding carboxylic acids is 2. The van der Waals surface area contributed by atoms with Crippen molar-refractivity contribution < 1.29 is 9.59 Å². The largest absolute Gasteiger partial charge is 0.345 e. The second kappa shape index (κ2) is 7.88. The molecule has 1 heterocycles. The van der Waals surface area contributed by atoms with Crippen molar-refractivity contribution in [2.24, 2.45) is 11.8 Å². The topological polar surface area (TPSA) is 42.3 Å². The van der Waals surface area contributed by atoms with Crippen molar-refractivity contribution in [3.8, 4) is 0 Å². The Balaban J connectivity index is 2.59. The number of hydrogen-bond acceptors (Lipinski definition) is 2. The van der Waals surface area contributed by atoms with E-state index in [2.05, 4.69) is 27.7 Å². The molecule has 1 aromatic heterocycles. The van der Waals surface area contributed by atoms with Crippen molar-refractivity contribution in [1.29, 1.82) is 0 Å². The number of hydrogen-bond donors (Lipinski definition) is 0. The molecule has 0 saturated carbocycles. The van der Waals surface area contributed by atoms with Crippen molar-refractivity contribution in [2.75, 3.05) is 13.1 Å².